The normalized spacial score (nSPS) is 17.7. The van der Waals surface area contributed by atoms with E-state index in [1.807, 2.05) is 34.1 Å². The van der Waals surface area contributed by atoms with Crippen molar-refractivity contribution in [1.82, 2.24) is 4.90 Å². The number of nitrogens with one attached hydrogen (secondary N) is 1. The number of benzene rings is 1. The summed E-state index contributed by atoms with van der Waals surface area (Å²) in [6.07, 6.45) is 6.65. The number of nitrogens with zero attached hydrogens (tertiary/aromatic N) is 2. The summed E-state index contributed by atoms with van der Waals surface area (Å²) < 4.78 is 0. The average molecular weight is 381 g/mol. The largest absolute Gasteiger partial charge is 0.376 e. The van der Waals surface area contributed by atoms with Crippen molar-refractivity contribution in [3.8, 4) is 0 Å². The predicted molar refractivity (Wildman–Crippen MR) is 111 cm³/mol. The highest BCUT2D eigenvalue weighted by Gasteiger charge is 2.26. The fourth-order valence-corrected chi connectivity index (χ4v) is 4.20. The lowest BCUT2D eigenvalue weighted by Gasteiger charge is -2.31. The highest BCUT2D eigenvalue weighted by Crippen LogP contribution is 2.24. The van der Waals surface area contributed by atoms with E-state index in [0.717, 1.165) is 57.4 Å². The van der Waals surface area contributed by atoms with Crippen molar-refractivity contribution in [2.45, 2.75) is 45.1 Å². The lowest BCUT2D eigenvalue weighted by Crippen LogP contribution is -2.44. The van der Waals surface area contributed by atoms with E-state index < -0.39 is 5.43 Å². The standard InChI is InChI=1S/C22H27N3O3/c26-20-18(19(21(20)27)24-11-3-1-4-12-24)23-15-16-7-9-17(10-8-16)22(28)25-13-5-2-6-14-25/h7-10,23H,1-6,11-15H2. The van der Waals surface area contributed by atoms with Gasteiger partial charge in [-0.3, -0.25) is 14.4 Å². The topological polar surface area (TPSA) is 69.7 Å². The molecule has 2 aliphatic heterocycles. The molecule has 0 aromatic heterocycles. The fraction of sp³-hybridized carbons (Fsp3) is 0.500. The van der Waals surface area contributed by atoms with Gasteiger partial charge in [-0.05, 0) is 56.2 Å². The maximum atomic E-state index is 12.5. The first kappa shape index (κ1) is 18.7. The predicted octanol–water partition coefficient (Wildman–Crippen LogP) is 2.51. The molecule has 0 bridgehead atoms. The van der Waals surface area contributed by atoms with Gasteiger partial charge in [0.05, 0.1) is 0 Å². The van der Waals surface area contributed by atoms with Gasteiger partial charge in [0.2, 0.25) is 0 Å². The number of hydrogen-bond acceptors (Lipinski definition) is 5. The van der Waals surface area contributed by atoms with Crippen LogP contribution in [0.2, 0.25) is 0 Å². The van der Waals surface area contributed by atoms with E-state index in [2.05, 4.69) is 5.32 Å². The minimum Gasteiger partial charge on any atom is -0.376 e. The van der Waals surface area contributed by atoms with Crippen molar-refractivity contribution in [1.29, 1.82) is 0 Å². The zero-order valence-corrected chi connectivity index (χ0v) is 16.2. The van der Waals surface area contributed by atoms with Crippen LogP contribution >= 0.6 is 0 Å². The van der Waals surface area contributed by atoms with Crippen LogP contribution in [0, 0.1) is 0 Å². The van der Waals surface area contributed by atoms with Gasteiger partial charge in [-0.2, -0.15) is 0 Å². The van der Waals surface area contributed by atoms with E-state index in [4.69, 9.17) is 0 Å². The summed E-state index contributed by atoms with van der Waals surface area (Å²) >= 11 is 0. The molecule has 0 saturated carbocycles. The Bertz CT molecular complexity index is 900. The summed E-state index contributed by atoms with van der Waals surface area (Å²) in [5.74, 6) is 0.0917. The Morgan fingerprint density at radius 2 is 1.43 bits per heavy atom. The van der Waals surface area contributed by atoms with Gasteiger partial charge >= 0.3 is 0 Å². The van der Waals surface area contributed by atoms with Crippen LogP contribution in [0.5, 0.6) is 0 Å². The van der Waals surface area contributed by atoms with E-state index in [-0.39, 0.29) is 11.3 Å². The molecular weight excluding hydrogens is 354 g/mol. The second-order valence-electron chi connectivity index (χ2n) is 7.83. The number of likely N-dealkylation sites (tertiary alicyclic amines) is 1. The van der Waals surface area contributed by atoms with Crippen molar-refractivity contribution in [2.75, 3.05) is 36.4 Å². The van der Waals surface area contributed by atoms with Crippen LogP contribution in [-0.4, -0.2) is 37.0 Å². The van der Waals surface area contributed by atoms with Crippen molar-refractivity contribution in [3.05, 3.63) is 55.8 Å². The van der Waals surface area contributed by atoms with Crippen LogP contribution in [0.15, 0.2) is 33.9 Å². The molecule has 2 aromatic carbocycles. The van der Waals surface area contributed by atoms with Crippen LogP contribution in [-0.2, 0) is 6.54 Å². The molecule has 2 saturated heterocycles. The first-order valence-electron chi connectivity index (χ1n) is 10.4. The minimum absolute atomic E-state index is 0.0917. The second-order valence-corrected chi connectivity index (χ2v) is 7.83. The van der Waals surface area contributed by atoms with Crippen molar-refractivity contribution in [2.24, 2.45) is 0 Å². The molecule has 1 amide bonds. The molecule has 2 aliphatic rings. The van der Waals surface area contributed by atoms with Crippen molar-refractivity contribution < 1.29 is 4.79 Å². The van der Waals surface area contributed by atoms with Crippen molar-refractivity contribution in [3.63, 3.8) is 0 Å². The molecule has 4 rings (SSSR count). The maximum Gasteiger partial charge on any atom is 0.253 e. The second kappa shape index (κ2) is 8.17. The molecule has 6 nitrogen and oxygen atoms in total. The number of anilines is 2. The lowest BCUT2D eigenvalue weighted by molar-refractivity contribution is 0.0724. The Morgan fingerprint density at radius 1 is 0.821 bits per heavy atom. The van der Waals surface area contributed by atoms with E-state index in [1.54, 1.807) is 0 Å². The van der Waals surface area contributed by atoms with Gasteiger partial charge in [-0.1, -0.05) is 12.1 Å². The third-order valence-corrected chi connectivity index (χ3v) is 5.87. The van der Waals surface area contributed by atoms with Gasteiger partial charge in [-0.25, -0.2) is 0 Å². The summed E-state index contributed by atoms with van der Waals surface area (Å²) in [6, 6.07) is 7.52. The Labute approximate surface area is 164 Å². The van der Waals surface area contributed by atoms with Crippen LogP contribution in [0.1, 0.15) is 54.4 Å². The zero-order valence-electron chi connectivity index (χ0n) is 16.2. The molecule has 148 valence electrons. The number of rotatable bonds is 5. The molecule has 6 heteroatoms. The zero-order chi connectivity index (χ0) is 19.5. The van der Waals surface area contributed by atoms with Gasteiger partial charge in [-0.15, -0.1) is 0 Å². The van der Waals surface area contributed by atoms with Gasteiger partial charge in [0.25, 0.3) is 16.8 Å². The molecule has 0 radical (unpaired) electrons. The summed E-state index contributed by atoms with van der Waals surface area (Å²) in [4.78, 5) is 40.5. The number of piperidine rings is 2. The van der Waals surface area contributed by atoms with Gasteiger partial charge in [0, 0.05) is 38.3 Å². The van der Waals surface area contributed by atoms with E-state index in [0.29, 0.717) is 23.5 Å². The lowest BCUT2D eigenvalue weighted by atomic mass is 10.1. The molecule has 28 heavy (non-hydrogen) atoms. The third kappa shape index (κ3) is 3.68. The van der Waals surface area contributed by atoms with E-state index >= 15 is 0 Å². The smallest absolute Gasteiger partial charge is 0.253 e. The van der Waals surface area contributed by atoms with Crippen LogP contribution in [0.3, 0.4) is 0 Å². The summed E-state index contributed by atoms with van der Waals surface area (Å²) in [5, 5.41) is 3.15. The number of carbonyl (C=O) groups is 1. The third-order valence-electron chi connectivity index (χ3n) is 5.87. The van der Waals surface area contributed by atoms with E-state index in [9.17, 15) is 14.4 Å². The number of hydrogen-bond donors (Lipinski definition) is 1. The van der Waals surface area contributed by atoms with Gasteiger partial charge in [0.1, 0.15) is 11.4 Å². The minimum atomic E-state index is -0.419. The fourth-order valence-electron chi connectivity index (χ4n) is 4.20. The molecule has 1 N–H and O–H groups in total. The first-order chi connectivity index (χ1) is 13.6. The molecule has 0 spiro atoms. The molecule has 2 aromatic rings. The monoisotopic (exact) mass is 381 g/mol. The summed E-state index contributed by atoms with van der Waals surface area (Å²) in [7, 11) is 0. The molecule has 0 aliphatic carbocycles. The van der Waals surface area contributed by atoms with Gasteiger partial charge in [0.15, 0.2) is 0 Å². The molecule has 0 unspecified atom stereocenters. The SMILES string of the molecule is O=C(c1ccc(CNc2c(N3CCCCC3)c(=O)c2=O)cc1)N1CCCCC1. The van der Waals surface area contributed by atoms with Crippen LogP contribution in [0.4, 0.5) is 11.4 Å². The van der Waals surface area contributed by atoms with Gasteiger partial charge < -0.3 is 15.1 Å². The highest BCUT2D eigenvalue weighted by molar-refractivity contribution is 5.94. The van der Waals surface area contributed by atoms with E-state index in [1.165, 1.54) is 12.8 Å². The number of amides is 1. The molecular formula is C22H27N3O3. The quantitative estimate of drug-likeness (QED) is 0.806. The molecule has 0 atom stereocenters. The summed E-state index contributed by atoms with van der Waals surface area (Å²) in [5.41, 5.74) is 1.90. The van der Waals surface area contributed by atoms with Crippen LogP contribution < -0.4 is 21.1 Å². The van der Waals surface area contributed by atoms with Crippen molar-refractivity contribution >= 4 is 17.3 Å². The summed E-state index contributed by atoms with van der Waals surface area (Å²) in [6.45, 7) is 3.82. The Morgan fingerprint density at radius 3 is 2.07 bits per heavy atom. The Balaban J connectivity index is 1.39. The average Bonchev–Trinajstić information content (AvgIpc) is 2.77. The molecule has 2 heterocycles. The Hall–Kier alpha value is -2.63. The maximum absolute atomic E-state index is 12.5. The Kier molecular flexibility index (Phi) is 5.46. The molecule has 2 fully saturated rings. The number of carbonyl (C=O) groups excluding carboxylic acids is 1. The highest BCUT2D eigenvalue weighted by atomic mass is 16.2. The first-order valence-corrected chi connectivity index (χ1v) is 10.4. The van der Waals surface area contributed by atoms with Crippen LogP contribution in [0.25, 0.3) is 0 Å².